The summed E-state index contributed by atoms with van der Waals surface area (Å²) in [4.78, 5) is 29.4. The molecular weight excluding hydrogens is 346 g/mol. The Morgan fingerprint density at radius 3 is 2.41 bits per heavy atom. The lowest BCUT2D eigenvalue weighted by Crippen LogP contribution is -2.55. The van der Waals surface area contributed by atoms with Gasteiger partial charge in [-0.3, -0.25) is 9.59 Å². The Bertz CT molecular complexity index is 640. The largest absolute Gasteiger partial charge is 0.495 e. The van der Waals surface area contributed by atoms with E-state index in [0.29, 0.717) is 39.3 Å². The van der Waals surface area contributed by atoms with Gasteiger partial charge in [-0.05, 0) is 32.4 Å². The van der Waals surface area contributed by atoms with Gasteiger partial charge >= 0.3 is 0 Å². The standard InChI is InChI=1S/C20H31N3O4/c1-20(2,18(24)21-10-7-15-26-3)19(25)23-13-11-22(12-14-23)16-8-5-6-9-17(16)27-4/h5-6,8-9H,7,10-15H2,1-4H3,(H,21,24). The number of anilines is 1. The molecule has 1 saturated heterocycles. The molecule has 1 aromatic carbocycles. The van der Waals surface area contributed by atoms with Crippen LogP contribution in [0, 0.1) is 5.41 Å². The Kier molecular flexibility index (Phi) is 7.47. The maximum absolute atomic E-state index is 12.9. The van der Waals surface area contributed by atoms with Crippen molar-refractivity contribution in [1.29, 1.82) is 0 Å². The number of methoxy groups -OCH3 is 2. The van der Waals surface area contributed by atoms with Crippen LogP contribution in [0.15, 0.2) is 24.3 Å². The summed E-state index contributed by atoms with van der Waals surface area (Å²) in [6.45, 7) is 7.04. The van der Waals surface area contributed by atoms with E-state index in [4.69, 9.17) is 9.47 Å². The van der Waals surface area contributed by atoms with Crippen molar-refractivity contribution in [2.75, 3.05) is 58.5 Å². The predicted molar refractivity (Wildman–Crippen MR) is 105 cm³/mol. The second-order valence-corrected chi connectivity index (χ2v) is 7.18. The lowest BCUT2D eigenvalue weighted by Gasteiger charge is -2.39. The Labute approximate surface area is 161 Å². The van der Waals surface area contributed by atoms with E-state index in [-0.39, 0.29) is 11.8 Å². The number of hydrogen-bond donors (Lipinski definition) is 1. The maximum atomic E-state index is 12.9. The Morgan fingerprint density at radius 2 is 1.78 bits per heavy atom. The van der Waals surface area contributed by atoms with Crippen molar-refractivity contribution in [2.45, 2.75) is 20.3 Å². The van der Waals surface area contributed by atoms with E-state index in [1.165, 1.54) is 0 Å². The van der Waals surface area contributed by atoms with Crippen molar-refractivity contribution < 1.29 is 19.1 Å². The topological polar surface area (TPSA) is 71.1 Å². The van der Waals surface area contributed by atoms with Gasteiger partial charge in [-0.25, -0.2) is 0 Å². The molecule has 2 rings (SSSR count). The summed E-state index contributed by atoms with van der Waals surface area (Å²) in [5, 5.41) is 2.83. The molecular formula is C20H31N3O4. The van der Waals surface area contributed by atoms with Gasteiger partial charge in [0.25, 0.3) is 0 Å². The molecule has 1 N–H and O–H groups in total. The van der Waals surface area contributed by atoms with Crippen molar-refractivity contribution in [3.05, 3.63) is 24.3 Å². The Balaban J connectivity index is 1.92. The van der Waals surface area contributed by atoms with Gasteiger partial charge in [0.1, 0.15) is 11.2 Å². The van der Waals surface area contributed by atoms with E-state index in [9.17, 15) is 9.59 Å². The minimum atomic E-state index is -1.08. The fourth-order valence-corrected chi connectivity index (χ4v) is 3.17. The minimum Gasteiger partial charge on any atom is -0.495 e. The quantitative estimate of drug-likeness (QED) is 0.549. The van der Waals surface area contributed by atoms with Crippen molar-refractivity contribution >= 4 is 17.5 Å². The molecule has 7 nitrogen and oxygen atoms in total. The molecule has 7 heteroatoms. The number of rotatable bonds is 8. The molecule has 2 amide bonds. The number of nitrogens with one attached hydrogen (secondary N) is 1. The molecule has 150 valence electrons. The second-order valence-electron chi connectivity index (χ2n) is 7.18. The lowest BCUT2D eigenvalue weighted by atomic mass is 9.90. The third kappa shape index (κ3) is 5.13. The Morgan fingerprint density at radius 1 is 1.11 bits per heavy atom. The van der Waals surface area contributed by atoms with Crippen LogP contribution in [0.1, 0.15) is 20.3 Å². The molecule has 0 aromatic heterocycles. The first-order chi connectivity index (χ1) is 12.9. The highest BCUT2D eigenvalue weighted by atomic mass is 16.5. The van der Waals surface area contributed by atoms with Gasteiger partial charge in [-0.1, -0.05) is 12.1 Å². The zero-order chi connectivity index (χ0) is 19.9. The Hall–Kier alpha value is -2.28. The third-order valence-electron chi connectivity index (χ3n) is 4.91. The zero-order valence-electron chi connectivity index (χ0n) is 16.8. The summed E-state index contributed by atoms with van der Waals surface area (Å²) in [5.74, 6) is 0.454. The molecule has 1 aliphatic heterocycles. The van der Waals surface area contributed by atoms with E-state index < -0.39 is 5.41 Å². The fourth-order valence-electron chi connectivity index (χ4n) is 3.17. The molecule has 0 bridgehead atoms. The van der Waals surface area contributed by atoms with Crippen LogP contribution in [-0.4, -0.2) is 70.3 Å². The van der Waals surface area contributed by atoms with Gasteiger partial charge in [-0.15, -0.1) is 0 Å². The van der Waals surface area contributed by atoms with Gasteiger partial charge in [-0.2, -0.15) is 0 Å². The van der Waals surface area contributed by atoms with Crippen LogP contribution < -0.4 is 15.0 Å². The number of carbonyl (C=O) groups is 2. The monoisotopic (exact) mass is 377 g/mol. The van der Waals surface area contributed by atoms with Crippen LogP contribution in [0.3, 0.4) is 0 Å². The van der Waals surface area contributed by atoms with Gasteiger partial charge in [0, 0.05) is 46.4 Å². The first kappa shape index (κ1) is 21.0. The predicted octanol–water partition coefficient (Wildman–Crippen LogP) is 1.52. The van der Waals surface area contributed by atoms with Gasteiger partial charge in [0.05, 0.1) is 12.8 Å². The number of piperazine rings is 1. The number of carbonyl (C=O) groups excluding carboxylic acids is 2. The molecule has 1 fully saturated rings. The van der Waals surface area contributed by atoms with Gasteiger partial charge in [0.2, 0.25) is 11.8 Å². The highest BCUT2D eigenvalue weighted by Crippen LogP contribution is 2.29. The van der Waals surface area contributed by atoms with Crippen LogP contribution in [0.2, 0.25) is 0 Å². The van der Waals surface area contributed by atoms with E-state index in [2.05, 4.69) is 10.2 Å². The van der Waals surface area contributed by atoms with Gasteiger partial charge < -0.3 is 24.6 Å². The number of amides is 2. The van der Waals surface area contributed by atoms with Crippen LogP contribution in [0.25, 0.3) is 0 Å². The highest BCUT2D eigenvalue weighted by molar-refractivity contribution is 6.04. The van der Waals surface area contributed by atoms with E-state index >= 15 is 0 Å². The van der Waals surface area contributed by atoms with Crippen molar-refractivity contribution in [3.8, 4) is 5.75 Å². The van der Waals surface area contributed by atoms with E-state index in [1.54, 1.807) is 33.0 Å². The van der Waals surface area contributed by atoms with Crippen molar-refractivity contribution in [2.24, 2.45) is 5.41 Å². The van der Waals surface area contributed by atoms with Crippen molar-refractivity contribution in [3.63, 3.8) is 0 Å². The van der Waals surface area contributed by atoms with Gasteiger partial charge in [0.15, 0.2) is 0 Å². The van der Waals surface area contributed by atoms with E-state index in [1.807, 2.05) is 24.3 Å². The third-order valence-corrected chi connectivity index (χ3v) is 4.91. The van der Waals surface area contributed by atoms with Crippen LogP contribution in [0.5, 0.6) is 5.75 Å². The molecule has 1 aromatic rings. The molecule has 0 saturated carbocycles. The second kappa shape index (κ2) is 9.60. The lowest BCUT2D eigenvalue weighted by molar-refractivity contribution is -0.148. The van der Waals surface area contributed by atoms with E-state index in [0.717, 1.165) is 17.9 Å². The number of hydrogen-bond acceptors (Lipinski definition) is 5. The molecule has 0 spiro atoms. The molecule has 27 heavy (non-hydrogen) atoms. The average molecular weight is 377 g/mol. The highest BCUT2D eigenvalue weighted by Gasteiger charge is 2.39. The normalized spacial score (nSPS) is 14.8. The smallest absolute Gasteiger partial charge is 0.237 e. The number of benzene rings is 1. The first-order valence-corrected chi connectivity index (χ1v) is 9.36. The summed E-state index contributed by atoms with van der Waals surface area (Å²) in [6.07, 6.45) is 0.726. The molecule has 0 unspecified atom stereocenters. The number of nitrogens with zero attached hydrogens (tertiary/aromatic N) is 2. The summed E-state index contributed by atoms with van der Waals surface area (Å²) in [6, 6.07) is 7.87. The maximum Gasteiger partial charge on any atom is 0.237 e. The summed E-state index contributed by atoms with van der Waals surface area (Å²) < 4.78 is 10.4. The number of ether oxygens (including phenoxy) is 2. The molecule has 1 heterocycles. The summed E-state index contributed by atoms with van der Waals surface area (Å²) in [7, 11) is 3.28. The number of para-hydroxylation sites is 2. The molecule has 1 aliphatic rings. The molecule has 0 aliphatic carbocycles. The fraction of sp³-hybridized carbons (Fsp3) is 0.600. The zero-order valence-corrected chi connectivity index (χ0v) is 16.8. The SMILES string of the molecule is COCCCNC(=O)C(C)(C)C(=O)N1CCN(c2ccccc2OC)CC1. The first-order valence-electron chi connectivity index (χ1n) is 9.36. The summed E-state index contributed by atoms with van der Waals surface area (Å²) >= 11 is 0. The van der Waals surface area contributed by atoms with Crippen LogP contribution in [0.4, 0.5) is 5.69 Å². The van der Waals surface area contributed by atoms with Crippen LogP contribution >= 0.6 is 0 Å². The minimum absolute atomic E-state index is 0.133. The van der Waals surface area contributed by atoms with Crippen LogP contribution in [-0.2, 0) is 14.3 Å². The summed E-state index contributed by atoms with van der Waals surface area (Å²) in [5.41, 5.74) is -0.0538. The molecule has 0 atom stereocenters. The molecule has 0 radical (unpaired) electrons. The average Bonchev–Trinajstić information content (AvgIpc) is 2.70. The van der Waals surface area contributed by atoms with Crippen molar-refractivity contribution in [1.82, 2.24) is 10.2 Å².